The van der Waals surface area contributed by atoms with E-state index < -0.39 is 22.5 Å². The summed E-state index contributed by atoms with van der Waals surface area (Å²) in [6, 6.07) is 12.1. The van der Waals surface area contributed by atoms with E-state index in [-0.39, 0.29) is 23.6 Å². The number of hydrogen-bond acceptors (Lipinski definition) is 4. The number of carbonyl (C=O) groups is 2. The van der Waals surface area contributed by atoms with Crippen LogP contribution in [-0.4, -0.2) is 52.4 Å². The predicted molar refractivity (Wildman–Crippen MR) is 136 cm³/mol. The average Bonchev–Trinajstić information content (AvgIpc) is 2.80. The molecule has 0 aliphatic carbocycles. The third-order valence-electron chi connectivity index (χ3n) is 5.69. The Hall–Kier alpha value is -2.74. The van der Waals surface area contributed by atoms with Gasteiger partial charge < -0.3 is 15.5 Å². The number of piperidine rings is 1. The summed E-state index contributed by atoms with van der Waals surface area (Å²) in [5.74, 6) is -1.33. The minimum absolute atomic E-state index is 0.0545. The lowest BCUT2D eigenvalue weighted by molar-refractivity contribution is -0.131. The molecule has 0 bridgehead atoms. The summed E-state index contributed by atoms with van der Waals surface area (Å²) in [5.41, 5.74) is 1.11. The van der Waals surface area contributed by atoms with Gasteiger partial charge in [-0.1, -0.05) is 32.4 Å². The van der Waals surface area contributed by atoms with Crippen LogP contribution in [0.4, 0.5) is 10.1 Å². The smallest absolute Gasteiger partial charge is 0.254 e. The second kappa shape index (κ2) is 12.6. The molecular weight excluding hydrogens is 453 g/mol. The number of hydrogen-bond donors (Lipinski definition) is 2. The fourth-order valence-electron chi connectivity index (χ4n) is 3.64. The fraction of sp³-hybridized carbons (Fsp3) is 0.462. The molecule has 2 amide bonds. The fourth-order valence-corrected chi connectivity index (χ4v) is 4.16. The molecule has 6 nitrogen and oxygen atoms in total. The highest BCUT2D eigenvalue weighted by Crippen LogP contribution is 2.27. The molecule has 186 valence electrons. The summed E-state index contributed by atoms with van der Waals surface area (Å²) < 4.78 is 25.6. The van der Waals surface area contributed by atoms with Crippen molar-refractivity contribution in [3.63, 3.8) is 0 Å². The highest BCUT2D eigenvalue weighted by molar-refractivity contribution is 7.84. The monoisotopic (exact) mass is 489 g/mol. The van der Waals surface area contributed by atoms with Crippen LogP contribution in [0.3, 0.4) is 0 Å². The number of nitrogens with zero attached hydrogens (tertiary/aromatic N) is 1. The molecule has 0 spiro atoms. The third kappa shape index (κ3) is 7.65. The van der Waals surface area contributed by atoms with E-state index in [2.05, 4.69) is 31.4 Å². The Bertz CT molecular complexity index is 1000. The van der Waals surface area contributed by atoms with Crippen molar-refractivity contribution in [2.24, 2.45) is 0 Å². The summed E-state index contributed by atoms with van der Waals surface area (Å²) in [5, 5.41) is 6.05. The van der Waals surface area contributed by atoms with E-state index >= 15 is 0 Å². The Morgan fingerprint density at radius 2 is 1.68 bits per heavy atom. The van der Waals surface area contributed by atoms with E-state index in [0.29, 0.717) is 18.7 Å². The van der Waals surface area contributed by atoms with Gasteiger partial charge in [-0.3, -0.25) is 13.8 Å². The Labute approximate surface area is 204 Å². The first-order valence-electron chi connectivity index (χ1n) is 11.6. The quantitative estimate of drug-likeness (QED) is 0.626. The highest BCUT2D eigenvalue weighted by atomic mass is 32.2. The molecule has 2 N–H and O–H groups in total. The standard InChI is InChI=1S/C23H28FN3O3S.C3H8/c1-16-5-4-6-19(21(16)24)22(29)25-15-20(28)27-13-11-23(2,12-14-27)26-17-7-9-18(10-8-17)31(3)30;1-3-2/h4-10,26H,11-15H2,1-3H3,(H,25,29);3H2,1-2H3. The van der Waals surface area contributed by atoms with Crippen LogP contribution in [0.15, 0.2) is 47.4 Å². The maximum atomic E-state index is 14.1. The van der Waals surface area contributed by atoms with Gasteiger partial charge in [-0.25, -0.2) is 4.39 Å². The number of rotatable bonds is 6. The van der Waals surface area contributed by atoms with Crippen LogP contribution >= 0.6 is 0 Å². The molecule has 1 fully saturated rings. The lowest BCUT2D eigenvalue weighted by Gasteiger charge is -2.40. The van der Waals surface area contributed by atoms with Gasteiger partial charge in [-0.2, -0.15) is 0 Å². The summed E-state index contributed by atoms with van der Waals surface area (Å²) >= 11 is 0. The van der Waals surface area contributed by atoms with Gasteiger partial charge in [0.25, 0.3) is 5.91 Å². The first-order chi connectivity index (χ1) is 16.1. The topological polar surface area (TPSA) is 78.5 Å². The van der Waals surface area contributed by atoms with Crippen LogP contribution in [0.1, 0.15) is 56.0 Å². The molecule has 1 unspecified atom stereocenters. The maximum absolute atomic E-state index is 14.1. The first-order valence-corrected chi connectivity index (χ1v) is 13.2. The van der Waals surface area contributed by atoms with Crippen LogP contribution in [-0.2, 0) is 15.6 Å². The molecule has 2 aromatic carbocycles. The number of nitrogens with one attached hydrogen (secondary N) is 2. The van der Waals surface area contributed by atoms with Gasteiger partial charge in [-0.05, 0) is 62.6 Å². The molecule has 1 aliphatic rings. The Morgan fingerprint density at radius 3 is 2.24 bits per heavy atom. The lowest BCUT2D eigenvalue weighted by atomic mass is 9.89. The first kappa shape index (κ1) is 27.5. The Kier molecular flexibility index (Phi) is 10.2. The van der Waals surface area contributed by atoms with Gasteiger partial charge in [0.2, 0.25) is 5.91 Å². The van der Waals surface area contributed by atoms with Crippen LogP contribution in [0, 0.1) is 12.7 Å². The van der Waals surface area contributed by atoms with Crippen molar-refractivity contribution in [1.29, 1.82) is 0 Å². The van der Waals surface area contributed by atoms with Crippen molar-refractivity contribution in [2.45, 2.75) is 57.4 Å². The number of halogens is 1. The van der Waals surface area contributed by atoms with E-state index in [1.165, 1.54) is 12.5 Å². The van der Waals surface area contributed by atoms with Gasteiger partial charge in [0.15, 0.2) is 0 Å². The van der Waals surface area contributed by atoms with Crippen molar-refractivity contribution in [3.8, 4) is 0 Å². The number of amides is 2. The van der Waals surface area contributed by atoms with Crippen LogP contribution in [0.5, 0.6) is 0 Å². The Balaban J connectivity index is 0.00000129. The zero-order valence-electron chi connectivity index (χ0n) is 20.7. The molecule has 3 rings (SSSR count). The van der Waals surface area contributed by atoms with E-state index in [0.717, 1.165) is 23.4 Å². The summed E-state index contributed by atoms with van der Waals surface area (Å²) in [4.78, 5) is 27.3. The molecular formula is C26H36FN3O3S. The SMILES string of the molecule is CCC.Cc1cccc(C(=O)NCC(=O)N2CCC(C)(Nc3ccc(S(C)=O)cc3)CC2)c1F. The van der Waals surface area contributed by atoms with E-state index in [4.69, 9.17) is 0 Å². The normalized spacial score (nSPS) is 15.5. The molecule has 1 atom stereocenters. The van der Waals surface area contributed by atoms with Gasteiger partial charge in [-0.15, -0.1) is 0 Å². The van der Waals surface area contributed by atoms with Crippen LogP contribution < -0.4 is 10.6 Å². The predicted octanol–water partition coefficient (Wildman–Crippen LogP) is 4.51. The Morgan fingerprint density at radius 1 is 1.09 bits per heavy atom. The molecule has 34 heavy (non-hydrogen) atoms. The number of likely N-dealkylation sites (tertiary alicyclic amines) is 1. The van der Waals surface area contributed by atoms with Crippen LogP contribution in [0.2, 0.25) is 0 Å². The molecule has 2 aromatic rings. The third-order valence-corrected chi connectivity index (χ3v) is 6.62. The minimum atomic E-state index is -1.01. The summed E-state index contributed by atoms with van der Waals surface area (Å²) in [7, 11) is -1.01. The second-order valence-electron chi connectivity index (χ2n) is 8.87. The lowest BCUT2D eigenvalue weighted by Crippen LogP contribution is -2.51. The zero-order valence-corrected chi connectivity index (χ0v) is 21.6. The highest BCUT2D eigenvalue weighted by Gasteiger charge is 2.32. The average molecular weight is 490 g/mol. The van der Waals surface area contributed by atoms with Gasteiger partial charge >= 0.3 is 0 Å². The molecule has 8 heteroatoms. The molecule has 1 aliphatic heterocycles. The minimum Gasteiger partial charge on any atom is -0.380 e. The van der Waals surface area contributed by atoms with Crippen molar-refractivity contribution in [1.82, 2.24) is 10.2 Å². The molecule has 0 saturated carbocycles. The van der Waals surface area contributed by atoms with E-state index in [9.17, 15) is 18.2 Å². The summed E-state index contributed by atoms with van der Waals surface area (Å²) in [6.07, 6.45) is 4.40. The van der Waals surface area contributed by atoms with E-state index in [1.54, 1.807) is 30.2 Å². The molecule has 0 aromatic heterocycles. The van der Waals surface area contributed by atoms with Crippen molar-refractivity contribution in [2.75, 3.05) is 31.2 Å². The van der Waals surface area contributed by atoms with Gasteiger partial charge in [0.05, 0.1) is 12.1 Å². The molecule has 1 saturated heterocycles. The number of benzene rings is 2. The largest absolute Gasteiger partial charge is 0.380 e. The van der Waals surface area contributed by atoms with Crippen molar-refractivity contribution in [3.05, 3.63) is 59.4 Å². The number of carbonyl (C=O) groups excluding carboxylic acids is 2. The van der Waals surface area contributed by atoms with Crippen molar-refractivity contribution >= 4 is 28.3 Å². The zero-order chi connectivity index (χ0) is 25.3. The molecule has 0 radical (unpaired) electrons. The summed E-state index contributed by atoms with van der Waals surface area (Å²) in [6.45, 7) is 8.92. The van der Waals surface area contributed by atoms with Gasteiger partial charge in [0, 0.05) is 46.3 Å². The maximum Gasteiger partial charge on any atom is 0.254 e. The van der Waals surface area contributed by atoms with Crippen molar-refractivity contribution < 1.29 is 18.2 Å². The second-order valence-corrected chi connectivity index (χ2v) is 10.3. The van der Waals surface area contributed by atoms with Gasteiger partial charge in [0.1, 0.15) is 5.82 Å². The number of aryl methyl sites for hydroxylation is 1. The molecule has 1 heterocycles. The number of anilines is 1. The van der Waals surface area contributed by atoms with Crippen LogP contribution in [0.25, 0.3) is 0 Å². The van der Waals surface area contributed by atoms with E-state index in [1.807, 2.05) is 24.3 Å².